The Labute approximate surface area is 366 Å². The van der Waals surface area contributed by atoms with Crippen LogP contribution < -0.4 is 5.32 Å². The smallest absolute Gasteiger partial charge is 0.306 e. The molecule has 1 amide bonds. The normalized spacial score (nSPS) is 13.5. The predicted molar refractivity (Wildman–Crippen MR) is 255 cm³/mol. The molecule has 0 fully saturated rings. The molecular formula is C53H99NO5. The zero-order valence-electron chi connectivity index (χ0n) is 39.4. The van der Waals surface area contributed by atoms with Crippen LogP contribution in [-0.4, -0.2) is 46.9 Å². The van der Waals surface area contributed by atoms with Crippen molar-refractivity contribution in [2.75, 3.05) is 6.61 Å². The quantitative estimate of drug-likeness (QED) is 0.0323. The summed E-state index contributed by atoms with van der Waals surface area (Å²) in [5.74, 6) is -0.489. The van der Waals surface area contributed by atoms with Gasteiger partial charge in [-0.25, -0.2) is 0 Å². The Morgan fingerprint density at radius 3 is 1.29 bits per heavy atom. The molecule has 3 N–H and O–H groups in total. The first-order valence-corrected chi connectivity index (χ1v) is 25.7. The lowest BCUT2D eigenvalue weighted by Gasteiger charge is -2.24. The third-order valence-electron chi connectivity index (χ3n) is 11.8. The van der Waals surface area contributed by atoms with Crippen molar-refractivity contribution >= 4 is 11.9 Å². The van der Waals surface area contributed by atoms with Gasteiger partial charge in [0.25, 0.3) is 0 Å². The van der Waals surface area contributed by atoms with Crippen molar-refractivity contribution in [2.24, 2.45) is 0 Å². The molecule has 6 nitrogen and oxygen atoms in total. The lowest BCUT2D eigenvalue weighted by molar-refractivity contribution is -0.151. The number of nitrogens with one attached hydrogen (secondary N) is 1. The number of aliphatic hydroxyl groups excluding tert-OH is 2. The highest BCUT2D eigenvalue weighted by molar-refractivity contribution is 5.77. The summed E-state index contributed by atoms with van der Waals surface area (Å²) in [4.78, 5) is 26.1. The van der Waals surface area contributed by atoms with Crippen molar-refractivity contribution in [3.05, 3.63) is 36.5 Å². The Morgan fingerprint density at radius 2 is 0.864 bits per heavy atom. The molecule has 6 heteroatoms. The molecule has 0 radical (unpaired) electrons. The van der Waals surface area contributed by atoms with E-state index in [4.69, 9.17) is 4.74 Å². The summed E-state index contributed by atoms with van der Waals surface area (Å²) in [6.07, 6.45) is 54.9. The van der Waals surface area contributed by atoms with Crippen LogP contribution in [0.1, 0.15) is 265 Å². The van der Waals surface area contributed by atoms with Gasteiger partial charge in [0.1, 0.15) is 6.10 Å². The molecule has 0 aromatic carbocycles. The molecule has 0 saturated carbocycles. The number of unbranched alkanes of at least 4 members (excludes halogenated alkanes) is 30. The van der Waals surface area contributed by atoms with Gasteiger partial charge in [-0.3, -0.25) is 9.59 Å². The average molecular weight is 830 g/mol. The van der Waals surface area contributed by atoms with Gasteiger partial charge in [0.05, 0.1) is 25.2 Å². The Balaban J connectivity index is 4.48. The van der Waals surface area contributed by atoms with E-state index >= 15 is 0 Å². The molecule has 0 heterocycles. The first kappa shape index (κ1) is 57.1. The van der Waals surface area contributed by atoms with Crippen LogP contribution in [0.2, 0.25) is 0 Å². The maximum Gasteiger partial charge on any atom is 0.306 e. The lowest BCUT2D eigenvalue weighted by atomic mass is 10.0. The fourth-order valence-electron chi connectivity index (χ4n) is 7.84. The van der Waals surface area contributed by atoms with Gasteiger partial charge in [0.15, 0.2) is 0 Å². The number of hydrogen-bond donors (Lipinski definition) is 3. The topological polar surface area (TPSA) is 95.9 Å². The third-order valence-corrected chi connectivity index (χ3v) is 11.8. The van der Waals surface area contributed by atoms with Crippen molar-refractivity contribution < 1.29 is 24.5 Å². The van der Waals surface area contributed by atoms with Crippen molar-refractivity contribution in [3.63, 3.8) is 0 Å². The summed E-state index contributed by atoms with van der Waals surface area (Å²) in [5.41, 5.74) is 0. The first-order valence-electron chi connectivity index (χ1n) is 25.7. The zero-order chi connectivity index (χ0) is 43.1. The molecule has 0 saturated heterocycles. The number of allylic oxidation sites excluding steroid dienone is 6. The Morgan fingerprint density at radius 1 is 0.492 bits per heavy atom. The molecule has 346 valence electrons. The Kier molecular flexibility index (Phi) is 45.6. The van der Waals surface area contributed by atoms with Gasteiger partial charge in [0.2, 0.25) is 5.91 Å². The molecule has 0 aromatic heterocycles. The van der Waals surface area contributed by atoms with Crippen molar-refractivity contribution in [1.29, 1.82) is 0 Å². The highest BCUT2D eigenvalue weighted by Gasteiger charge is 2.24. The second-order valence-corrected chi connectivity index (χ2v) is 17.6. The van der Waals surface area contributed by atoms with Crippen LogP contribution in [0.25, 0.3) is 0 Å². The zero-order valence-corrected chi connectivity index (χ0v) is 39.4. The van der Waals surface area contributed by atoms with E-state index in [2.05, 4.69) is 62.5 Å². The van der Waals surface area contributed by atoms with E-state index in [1.165, 1.54) is 154 Å². The maximum absolute atomic E-state index is 13.2. The molecule has 3 atom stereocenters. The van der Waals surface area contributed by atoms with Gasteiger partial charge in [0, 0.05) is 6.42 Å². The Bertz CT molecular complexity index is 977. The van der Waals surface area contributed by atoms with Crippen LogP contribution in [0.3, 0.4) is 0 Å². The van der Waals surface area contributed by atoms with Crippen LogP contribution in [0.4, 0.5) is 0 Å². The van der Waals surface area contributed by atoms with Crippen LogP contribution in [0.15, 0.2) is 36.5 Å². The molecule has 0 bridgehead atoms. The fraction of sp³-hybridized carbons (Fsp3) is 0.849. The van der Waals surface area contributed by atoms with Gasteiger partial charge >= 0.3 is 5.97 Å². The molecule has 0 aliphatic carbocycles. The van der Waals surface area contributed by atoms with Gasteiger partial charge in [-0.2, -0.15) is 0 Å². The minimum Gasteiger partial charge on any atom is -0.462 e. The minimum absolute atomic E-state index is 0.0723. The molecule has 59 heavy (non-hydrogen) atoms. The van der Waals surface area contributed by atoms with E-state index in [0.717, 1.165) is 64.2 Å². The highest BCUT2D eigenvalue weighted by atomic mass is 16.5. The summed E-state index contributed by atoms with van der Waals surface area (Å²) in [5, 5.41) is 23.7. The minimum atomic E-state index is -0.787. The number of ether oxygens (including phenoxy) is 1. The largest absolute Gasteiger partial charge is 0.462 e. The maximum atomic E-state index is 13.2. The van der Waals surface area contributed by atoms with Crippen molar-refractivity contribution in [2.45, 2.75) is 283 Å². The van der Waals surface area contributed by atoms with Gasteiger partial charge in [-0.05, 0) is 51.4 Å². The van der Waals surface area contributed by atoms with Gasteiger partial charge < -0.3 is 20.3 Å². The second kappa shape index (κ2) is 47.1. The molecule has 0 aliphatic heterocycles. The summed E-state index contributed by atoms with van der Waals surface area (Å²) < 4.78 is 5.91. The number of aliphatic hydroxyl groups is 2. The van der Waals surface area contributed by atoms with E-state index < -0.39 is 18.2 Å². The monoisotopic (exact) mass is 830 g/mol. The summed E-state index contributed by atoms with van der Waals surface area (Å²) in [7, 11) is 0. The molecule has 0 aliphatic rings. The van der Waals surface area contributed by atoms with Crippen molar-refractivity contribution in [3.8, 4) is 0 Å². The van der Waals surface area contributed by atoms with Crippen LogP contribution >= 0.6 is 0 Å². The van der Waals surface area contributed by atoms with Crippen LogP contribution in [-0.2, 0) is 14.3 Å². The lowest BCUT2D eigenvalue weighted by Crippen LogP contribution is -2.46. The second-order valence-electron chi connectivity index (χ2n) is 17.6. The molecular weight excluding hydrogens is 731 g/mol. The first-order chi connectivity index (χ1) is 29.0. The van der Waals surface area contributed by atoms with Gasteiger partial charge in [-0.15, -0.1) is 0 Å². The number of rotatable bonds is 46. The van der Waals surface area contributed by atoms with E-state index in [1.807, 2.05) is 0 Å². The fourth-order valence-corrected chi connectivity index (χ4v) is 7.84. The summed E-state index contributed by atoms with van der Waals surface area (Å²) in [6, 6.07) is -0.701. The molecule has 3 unspecified atom stereocenters. The summed E-state index contributed by atoms with van der Waals surface area (Å²) in [6.45, 7) is 6.46. The highest BCUT2D eigenvalue weighted by Crippen LogP contribution is 2.18. The van der Waals surface area contributed by atoms with Crippen LogP contribution in [0.5, 0.6) is 0 Å². The number of esters is 1. The standard InChI is InChI=1S/C53H99NO5/c1-4-7-10-13-16-19-21-23-24-25-26-27-29-31-34-37-40-43-46-53(58)59-49(44-41-38-35-32-18-15-12-9-6-3)47-52(57)54-50(48-55)51(56)45-42-39-36-33-30-28-22-20-17-14-11-8-5-2/h21,23-27,49-51,55-56H,4-20,22,28-48H2,1-3H3,(H,54,57)/b23-21+,25-24+,27-26+. The van der Waals surface area contributed by atoms with E-state index in [9.17, 15) is 19.8 Å². The summed E-state index contributed by atoms with van der Waals surface area (Å²) >= 11 is 0. The molecule has 0 spiro atoms. The van der Waals surface area contributed by atoms with Crippen molar-refractivity contribution in [1.82, 2.24) is 5.32 Å². The number of carbonyl (C=O) groups is 2. The molecule has 0 rings (SSSR count). The van der Waals surface area contributed by atoms with Gasteiger partial charge in [-0.1, -0.05) is 237 Å². The Hall–Kier alpha value is -1.92. The van der Waals surface area contributed by atoms with Crippen LogP contribution in [0, 0.1) is 0 Å². The predicted octanol–water partition coefficient (Wildman–Crippen LogP) is 15.3. The SMILES string of the molecule is CCCCCCC/C=C/C=C/C=C/CCCCCCCC(=O)OC(CCCCCCCCCCC)CC(=O)NC(CO)C(O)CCCCCCCCCCCCCCC. The van der Waals surface area contributed by atoms with E-state index in [1.54, 1.807) is 0 Å². The van der Waals surface area contributed by atoms with E-state index in [0.29, 0.717) is 19.3 Å². The number of amides is 1. The van der Waals surface area contributed by atoms with E-state index in [-0.39, 0.29) is 24.9 Å². The average Bonchev–Trinajstić information content (AvgIpc) is 3.23. The number of hydrogen-bond acceptors (Lipinski definition) is 5. The molecule has 0 aromatic rings. The third kappa shape index (κ3) is 42.6. The number of carbonyl (C=O) groups excluding carboxylic acids is 2.